The highest BCUT2D eigenvalue weighted by Gasteiger charge is 2.25. The van der Waals surface area contributed by atoms with Crippen molar-refractivity contribution < 1.29 is 27.9 Å². The highest BCUT2D eigenvalue weighted by molar-refractivity contribution is 7.47. The number of hydrogen-bond acceptors (Lipinski definition) is 5. The summed E-state index contributed by atoms with van der Waals surface area (Å²) in [6.07, 6.45) is 20.0. The Morgan fingerprint density at radius 2 is 1.37 bits per heavy atom. The van der Waals surface area contributed by atoms with Crippen LogP contribution in [0.25, 0.3) is 0 Å². The van der Waals surface area contributed by atoms with Gasteiger partial charge in [0.2, 0.25) is 6.10 Å². The molecule has 6 nitrogen and oxygen atoms in total. The number of hydrogen-bond donors (Lipinski definition) is 1. The number of unbranched alkanes of at least 4 members (excludes halogenated alkanes) is 16. The molecule has 0 bridgehead atoms. The summed E-state index contributed by atoms with van der Waals surface area (Å²) in [6.45, 7) is 2.32. The van der Waals surface area contributed by atoms with Gasteiger partial charge in [-0.15, -0.1) is 4.67 Å². The molecule has 0 aromatic heterocycles. The molecule has 2 atom stereocenters. The SMILES string of the molecule is CCCCCCCCCCCCCCCCCCCOP(=O)(O)OOC(C#N)c1cccc(F)c1. The summed E-state index contributed by atoms with van der Waals surface area (Å²) in [4.78, 5) is 14.4. The summed E-state index contributed by atoms with van der Waals surface area (Å²) in [7, 11) is -4.45. The van der Waals surface area contributed by atoms with E-state index in [1.807, 2.05) is 0 Å². The molecule has 2 unspecified atom stereocenters. The van der Waals surface area contributed by atoms with Crippen molar-refractivity contribution in [3.63, 3.8) is 0 Å². The maximum absolute atomic E-state index is 13.3. The summed E-state index contributed by atoms with van der Waals surface area (Å²) in [6, 6.07) is 6.93. The Morgan fingerprint density at radius 1 is 0.886 bits per heavy atom. The van der Waals surface area contributed by atoms with E-state index < -0.39 is 19.7 Å². The molecule has 0 fully saturated rings. The van der Waals surface area contributed by atoms with Crippen LogP contribution >= 0.6 is 7.82 Å². The summed E-state index contributed by atoms with van der Waals surface area (Å²) in [5.41, 5.74) is 0.181. The maximum Gasteiger partial charge on any atom is 0.499 e. The normalized spacial score (nSPS) is 13.9. The smallest absolute Gasteiger partial charge is 0.301 e. The van der Waals surface area contributed by atoms with Crippen LogP contribution in [-0.2, 0) is 18.7 Å². The molecule has 0 heterocycles. The van der Waals surface area contributed by atoms with E-state index in [4.69, 9.17) is 14.7 Å². The first-order valence-corrected chi connectivity index (χ1v) is 15.0. The molecule has 1 rings (SSSR count). The van der Waals surface area contributed by atoms with E-state index in [-0.39, 0.29) is 12.2 Å². The number of nitriles is 1. The Hall–Kier alpha value is -1.29. The zero-order chi connectivity index (χ0) is 25.6. The predicted molar refractivity (Wildman–Crippen MR) is 137 cm³/mol. The van der Waals surface area contributed by atoms with Gasteiger partial charge < -0.3 is 4.89 Å². The third-order valence-electron chi connectivity index (χ3n) is 6.00. The minimum atomic E-state index is -4.45. The first-order valence-electron chi connectivity index (χ1n) is 13.5. The fraction of sp³-hybridized carbons (Fsp3) is 0.741. The van der Waals surface area contributed by atoms with Crippen molar-refractivity contribution in [1.29, 1.82) is 5.26 Å². The molecule has 0 saturated carbocycles. The second kappa shape index (κ2) is 20.9. The van der Waals surface area contributed by atoms with E-state index in [2.05, 4.69) is 11.6 Å². The fourth-order valence-corrected chi connectivity index (χ4v) is 4.54. The molecule has 0 spiro atoms. The second-order valence-corrected chi connectivity index (χ2v) is 10.5. The minimum Gasteiger partial charge on any atom is -0.301 e. The van der Waals surface area contributed by atoms with E-state index >= 15 is 0 Å². The molecule has 0 aliphatic carbocycles. The van der Waals surface area contributed by atoms with Gasteiger partial charge in [-0.1, -0.05) is 122 Å². The van der Waals surface area contributed by atoms with Crippen molar-refractivity contribution in [2.24, 2.45) is 0 Å². The summed E-state index contributed by atoms with van der Waals surface area (Å²) >= 11 is 0. The molecule has 1 aromatic carbocycles. The number of phosphoric acid groups is 1. The van der Waals surface area contributed by atoms with Gasteiger partial charge in [0, 0.05) is 5.56 Å². The van der Waals surface area contributed by atoms with Crippen LogP contribution < -0.4 is 0 Å². The fourth-order valence-electron chi connectivity index (χ4n) is 3.95. The van der Waals surface area contributed by atoms with Crippen LogP contribution in [0.5, 0.6) is 0 Å². The van der Waals surface area contributed by atoms with Gasteiger partial charge in [0.05, 0.1) is 6.61 Å². The van der Waals surface area contributed by atoms with Gasteiger partial charge in [0.25, 0.3) is 0 Å². The van der Waals surface area contributed by atoms with Crippen molar-refractivity contribution >= 4 is 7.82 Å². The topological polar surface area (TPSA) is 88.8 Å². The number of phosphoric ester groups is 1. The van der Waals surface area contributed by atoms with E-state index in [1.165, 1.54) is 102 Å². The van der Waals surface area contributed by atoms with Crippen LogP contribution in [0, 0.1) is 17.1 Å². The first-order chi connectivity index (χ1) is 17.0. The van der Waals surface area contributed by atoms with E-state index in [0.717, 1.165) is 25.3 Å². The van der Waals surface area contributed by atoms with Crippen LogP contribution in [0.2, 0.25) is 0 Å². The third-order valence-corrected chi connectivity index (χ3v) is 6.79. The molecule has 0 saturated heterocycles. The second-order valence-electron chi connectivity index (χ2n) is 9.19. The highest BCUT2D eigenvalue weighted by Crippen LogP contribution is 2.45. The van der Waals surface area contributed by atoms with Gasteiger partial charge in [0.15, 0.2) is 0 Å². The number of benzene rings is 1. The van der Waals surface area contributed by atoms with Crippen LogP contribution in [0.1, 0.15) is 128 Å². The number of nitrogens with zero attached hydrogens (tertiary/aromatic N) is 1. The average molecular weight is 514 g/mol. The standard InChI is InChI=1S/C27H45FNO5P/c1-2-3-4-5-6-7-8-9-10-11-12-13-14-15-16-17-18-22-32-35(30,31)34-33-27(24-29)25-20-19-21-26(28)23-25/h19-21,23,27H,2-18,22H2,1H3,(H,30,31). The Kier molecular flexibility index (Phi) is 18.9. The van der Waals surface area contributed by atoms with Gasteiger partial charge in [0.1, 0.15) is 11.9 Å². The van der Waals surface area contributed by atoms with Crippen molar-refractivity contribution in [3.8, 4) is 6.07 Å². The lowest BCUT2D eigenvalue weighted by molar-refractivity contribution is -0.247. The van der Waals surface area contributed by atoms with Crippen LogP contribution in [0.4, 0.5) is 4.39 Å². The van der Waals surface area contributed by atoms with Gasteiger partial charge in [-0.3, -0.25) is 4.52 Å². The van der Waals surface area contributed by atoms with Crippen molar-refractivity contribution in [1.82, 2.24) is 0 Å². The third kappa shape index (κ3) is 17.7. The Bertz CT molecular complexity index is 743. The molecule has 8 heteroatoms. The van der Waals surface area contributed by atoms with Gasteiger partial charge >= 0.3 is 7.82 Å². The summed E-state index contributed by atoms with van der Waals surface area (Å²) < 4.78 is 34.5. The average Bonchev–Trinajstić information content (AvgIpc) is 2.83. The molecular weight excluding hydrogens is 468 g/mol. The van der Waals surface area contributed by atoms with Crippen LogP contribution in [-0.4, -0.2) is 11.5 Å². The Balaban J connectivity index is 1.93. The van der Waals surface area contributed by atoms with E-state index in [0.29, 0.717) is 6.42 Å². The zero-order valence-corrected chi connectivity index (χ0v) is 22.4. The molecule has 0 amide bonds. The summed E-state index contributed by atoms with van der Waals surface area (Å²) in [5, 5.41) is 9.12. The van der Waals surface area contributed by atoms with Gasteiger partial charge in [-0.05, 0) is 18.6 Å². The minimum absolute atomic E-state index is 0.0624. The molecule has 200 valence electrons. The molecular formula is C27H45FNO5P. The zero-order valence-electron chi connectivity index (χ0n) is 21.5. The Labute approximate surface area is 211 Å². The lowest BCUT2D eigenvalue weighted by atomic mass is 10.0. The van der Waals surface area contributed by atoms with Crippen LogP contribution in [0.3, 0.4) is 0 Å². The maximum atomic E-state index is 13.3. The largest absolute Gasteiger partial charge is 0.499 e. The Morgan fingerprint density at radius 3 is 1.83 bits per heavy atom. The highest BCUT2D eigenvalue weighted by atomic mass is 31.2. The molecule has 0 aliphatic heterocycles. The van der Waals surface area contributed by atoms with Crippen molar-refractivity contribution in [3.05, 3.63) is 35.6 Å². The lowest BCUT2D eigenvalue weighted by Gasteiger charge is -2.14. The lowest BCUT2D eigenvalue weighted by Crippen LogP contribution is -2.04. The molecule has 0 aliphatic rings. The van der Waals surface area contributed by atoms with Crippen molar-refractivity contribution in [2.75, 3.05) is 6.61 Å². The molecule has 1 aromatic rings. The molecule has 35 heavy (non-hydrogen) atoms. The number of rotatable bonds is 23. The molecule has 1 N–H and O–H groups in total. The van der Waals surface area contributed by atoms with Gasteiger partial charge in [-0.2, -0.15) is 5.26 Å². The van der Waals surface area contributed by atoms with E-state index in [1.54, 1.807) is 6.07 Å². The van der Waals surface area contributed by atoms with Gasteiger partial charge in [-0.25, -0.2) is 13.8 Å². The number of halogens is 1. The first kappa shape index (κ1) is 31.7. The quantitative estimate of drug-likeness (QED) is 0.0679. The van der Waals surface area contributed by atoms with Crippen LogP contribution in [0.15, 0.2) is 24.3 Å². The monoisotopic (exact) mass is 513 g/mol. The predicted octanol–water partition coefficient (Wildman–Crippen LogP) is 9.11. The van der Waals surface area contributed by atoms with E-state index in [9.17, 15) is 13.8 Å². The molecule has 0 radical (unpaired) electrons. The summed E-state index contributed by atoms with van der Waals surface area (Å²) in [5.74, 6) is -0.548. The van der Waals surface area contributed by atoms with Crippen molar-refractivity contribution in [2.45, 2.75) is 122 Å².